The summed E-state index contributed by atoms with van der Waals surface area (Å²) in [5.41, 5.74) is -0.904. The van der Waals surface area contributed by atoms with E-state index in [-0.39, 0.29) is 15.8 Å². The molecule has 0 aliphatic heterocycles. The van der Waals surface area contributed by atoms with E-state index in [0.29, 0.717) is 12.5 Å². The third-order valence-corrected chi connectivity index (χ3v) is 4.08. The fraction of sp³-hybridized carbons (Fsp3) is 0.429. The molecule has 0 unspecified atom stereocenters. The minimum absolute atomic E-state index is 0.0721. The van der Waals surface area contributed by atoms with Crippen LogP contribution < -0.4 is 4.74 Å². The van der Waals surface area contributed by atoms with Crippen LogP contribution in [0.25, 0.3) is 0 Å². The van der Waals surface area contributed by atoms with Crippen LogP contribution >= 0.6 is 15.9 Å². The van der Waals surface area contributed by atoms with Gasteiger partial charge in [0.2, 0.25) is 0 Å². The molecule has 0 radical (unpaired) electrons. The molecule has 20 heavy (non-hydrogen) atoms. The summed E-state index contributed by atoms with van der Waals surface area (Å²) in [5.74, 6) is -1.97. The number of benzene rings is 1. The minimum Gasteiger partial charge on any atom is -0.492 e. The van der Waals surface area contributed by atoms with Crippen LogP contribution in [0.5, 0.6) is 5.75 Å². The SMILES string of the molecule is N#Cc1c(OCC2CCCC2)cc(Br)c(C(=O)O)c1F. The molecule has 0 amide bonds. The molecule has 1 fully saturated rings. The van der Waals surface area contributed by atoms with Crippen molar-refractivity contribution in [2.45, 2.75) is 25.7 Å². The van der Waals surface area contributed by atoms with Gasteiger partial charge in [0.15, 0.2) is 5.82 Å². The quantitative estimate of drug-likeness (QED) is 0.905. The van der Waals surface area contributed by atoms with Gasteiger partial charge in [-0.15, -0.1) is 0 Å². The highest BCUT2D eigenvalue weighted by Crippen LogP contribution is 2.32. The van der Waals surface area contributed by atoms with E-state index in [9.17, 15) is 9.18 Å². The summed E-state index contributed by atoms with van der Waals surface area (Å²) in [7, 11) is 0. The Kier molecular flexibility index (Phi) is 4.61. The summed E-state index contributed by atoms with van der Waals surface area (Å²) in [4.78, 5) is 11.0. The van der Waals surface area contributed by atoms with Gasteiger partial charge in [-0.05, 0) is 40.8 Å². The molecule has 6 heteroatoms. The first-order chi connectivity index (χ1) is 9.54. The topological polar surface area (TPSA) is 70.3 Å². The van der Waals surface area contributed by atoms with Crippen LogP contribution in [0.1, 0.15) is 41.6 Å². The van der Waals surface area contributed by atoms with Crippen LogP contribution in [0, 0.1) is 23.1 Å². The molecule has 0 bridgehead atoms. The Bertz CT molecular complexity index is 577. The van der Waals surface area contributed by atoms with E-state index < -0.39 is 17.3 Å². The van der Waals surface area contributed by atoms with Gasteiger partial charge in [-0.25, -0.2) is 9.18 Å². The summed E-state index contributed by atoms with van der Waals surface area (Å²) < 4.78 is 19.6. The molecule has 0 heterocycles. The minimum atomic E-state index is -1.42. The van der Waals surface area contributed by atoms with Crippen LogP contribution in [0.2, 0.25) is 0 Å². The summed E-state index contributed by atoms with van der Waals surface area (Å²) in [6.07, 6.45) is 4.46. The largest absolute Gasteiger partial charge is 0.492 e. The molecular weight excluding hydrogens is 329 g/mol. The number of nitrogens with zero attached hydrogens (tertiary/aromatic N) is 1. The van der Waals surface area contributed by atoms with Crippen molar-refractivity contribution in [3.8, 4) is 11.8 Å². The standard InChI is InChI=1S/C14H13BrFNO3/c15-10-5-11(20-7-8-3-1-2-4-8)9(6-17)13(16)12(10)14(18)19/h5,8H,1-4,7H2,(H,18,19). The Morgan fingerprint density at radius 3 is 2.75 bits per heavy atom. The van der Waals surface area contributed by atoms with Crippen molar-refractivity contribution in [3.05, 3.63) is 27.5 Å². The molecular formula is C14H13BrFNO3. The molecule has 1 saturated carbocycles. The van der Waals surface area contributed by atoms with Gasteiger partial charge in [-0.1, -0.05) is 12.8 Å². The molecule has 0 spiro atoms. The number of halogens is 2. The van der Waals surface area contributed by atoms with Gasteiger partial charge in [0, 0.05) is 4.47 Å². The van der Waals surface area contributed by atoms with Crippen molar-refractivity contribution in [2.75, 3.05) is 6.61 Å². The maximum absolute atomic E-state index is 14.0. The average molecular weight is 342 g/mol. The molecule has 0 atom stereocenters. The monoisotopic (exact) mass is 341 g/mol. The fourth-order valence-corrected chi connectivity index (χ4v) is 2.95. The highest BCUT2D eigenvalue weighted by Gasteiger charge is 2.24. The lowest BCUT2D eigenvalue weighted by Gasteiger charge is -2.14. The zero-order chi connectivity index (χ0) is 14.7. The van der Waals surface area contributed by atoms with Crippen molar-refractivity contribution >= 4 is 21.9 Å². The van der Waals surface area contributed by atoms with E-state index >= 15 is 0 Å². The van der Waals surface area contributed by atoms with E-state index in [4.69, 9.17) is 15.1 Å². The van der Waals surface area contributed by atoms with Crippen molar-refractivity contribution in [1.29, 1.82) is 5.26 Å². The van der Waals surface area contributed by atoms with E-state index in [1.165, 1.54) is 6.07 Å². The second kappa shape index (κ2) is 6.23. The number of rotatable bonds is 4. The maximum atomic E-state index is 14.0. The van der Waals surface area contributed by atoms with Crippen molar-refractivity contribution in [1.82, 2.24) is 0 Å². The number of carboxylic acids is 1. The molecule has 0 saturated heterocycles. The predicted molar refractivity (Wildman–Crippen MR) is 73.2 cm³/mol. The van der Waals surface area contributed by atoms with Gasteiger partial charge in [0.05, 0.1) is 6.61 Å². The molecule has 1 aliphatic rings. The summed E-state index contributed by atoms with van der Waals surface area (Å²) in [6, 6.07) is 3.02. The first-order valence-corrected chi connectivity index (χ1v) is 7.12. The number of hydrogen-bond acceptors (Lipinski definition) is 3. The third-order valence-electron chi connectivity index (χ3n) is 3.46. The maximum Gasteiger partial charge on any atom is 0.339 e. The van der Waals surface area contributed by atoms with Gasteiger partial charge in [-0.3, -0.25) is 0 Å². The number of nitriles is 1. The van der Waals surface area contributed by atoms with Crippen LogP contribution in [0.3, 0.4) is 0 Å². The second-order valence-electron chi connectivity index (χ2n) is 4.80. The molecule has 1 aromatic rings. The Labute approximate surface area is 124 Å². The molecule has 4 nitrogen and oxygen atoms in total. The van der Waals surface area contributed by atoms with Crippen molar-refractivity contribution < 1.29 is 19.0 Å². The molecule has 1 N–H and O–H groups in total. The Balaban J connectivity index is 2.28. The molecule has 106 valence electrons. The van der Waals surface area contributed by atoms with Gasteiger partial charge in [-0.2, -0.15) is 5.26 Å². The van der Waals surface area contributed by atoms with Gasteiger partial charge in [0.25, 0.3) is 0 Å². The summed E-state index contributed by atoms with van der Waals surface area (Å²) in [6.45, 7) is 0.424. The molecule has 1 aliphatic carbocycles. The zero-order valence-corrected chi connectivity index (χ0v) is 12.2. The van der Waals surface area contributed by atoms with Gasteiger partial charge < -0.3 is 9.84 Å². The molecule has 0 aromatic heterocycles. The van der Waals surface area contributed by atoms with Crippen LogP contribution in [0.4, 0.5) is 4.39 Å². The summed E-state index contributed by atoms with van der Waals surface area (Å²) >= 11 is 3.01. The van der Waals surface area contributed by atoms with E-state index in [1.807, 2.05) is 0 Å². The fourth-order valence-electron chi connectivity index (χ4n) is 2.40. The first kappa shape index (κ1) is 14.8. The second-order valence-corrected chi connectivity index (χ2v) is 5.65. The van der Waals surface area contributed by atoms with E-state index in [0.717, 1.165) is 25.7 Å². The molecule has 1 aromatic carbocycles. The van der Waals surface area contributed by atoms with Crippen LogP contribution in [0.15, 0.2) is 10.5 Å². The summed E-state index contributed by atoms with van der Waals surface area (Å²) in [5, 5.41) is 17.9. The van der Waals surface area contributed by atoms with Crippen LogP contribution in [-0.2, 0) is 0 Å². The van der Waals surface area contributed by atoms with Crippen LogP contribution in [-0.4, -0.2) is 17.7 Å². The lowest BCUT2D eigenvalue weighted by atomic mass is 10.1. The number of carboxylic acid groups (broad SMARTS) is 1. The van der Waals surface area contributed by atoms with Crippen molar-refractivity contribution in [3.63, 3.8) is 0 Å². The van der Waals surface area contributed by atoms with E-state index in [1.54, 1.807) is 6.07 Å². The smallest absolute Gasteiger partial charge is 0.339 e. The lowest BCUT2D eigenvalue weighted by Crippen LogP contribution is -2.11. The highest BCUT2D eigenvalue weighted by atomic mass is 79.9. The van der Waals surface area contributed by atoms with E-state index in [2.05, 4.69) is 15.9 Å². The molecule has 2 rings (SSSR count). The average Bonchev–Trinajstić information content (AvgIpc) is 2.88. The number of aromatic carboxylic acids is 1. The van der Waals surface area contributed by atoms with Crippen molar-refractivity contribution in [2.24, 2.45) is 5.92 Å². The Hall–Kier alpha value is -1.61. The normalized spacial score (nSPS) is 15.1. The zero-order valence-electron chi connectivity index (χ0n) is 10.7. The lowest BCUT2D eigenvalue weighted by molar-refractivity contribution is 0.0690. The first-order valence-electron chi connectivity index (χ1n) is 6.32. The number of carbonyl (C=O) groups is 1. The van der Waals surface area contributed by atoms with Gasteiger partial charge >= 0.3 is 5.97 Å². The number of ether oxygens (including phenoxy) is 1. The van der Waals surface area contributed by atoms with Gasteiger partial charge in [0.1, 0.15) is 22.9 Å². The predicted octanol–water partition coefficient (Wildman–Crippen LogP) is 3.73. The highest BCUT2D eigenvalue weighted by molar-refractivity contribution is 9.10. The Morgan fingerprint density at radius 2 is 2.20 bits per heavy atom. The third kappa shape index (κ3) is 2.93. The number of hydrogen-bond donors (Lipinski definition) is 1. The Morgan fingerprint density at radius 1 is 1.55 bits per heavy atom.